The first-order chi connectivity index (χ1) is 38.9. The molecule has 1 aliphatic carbocycles. The van der Waals surface area contributed by atoms with Crippen LogP contribution in [0.1, 0.15) is 25.0 Å². The monoisotopic (exact) mass is 1010 g/mol. The van der Waals surface area contributed by atoms with Gasteiger partial charge >= 0.3 is 0 Å². The molecule has 0 spiro atoms. The Hall–Kier alpha value is -10.2. The van der Waals surface area contributed by atoms with Crippen molar-refractivity contribution in [2.24, 2.45) is 0 Å². The summed E-state index contributed by atoms with van der Waals surface area (Å²) in [6, 6.07) is 101. The molecule has 0 saturated carbocycles. The van der Waals surface area contributed by atoms with E-state index in [1.165, 1.54) is 44.5 Å². The van der Waals surface area contributed by atoms with E-state index in [4.69, 9.17) is 8.83 Å². The zero-order valence-corrected chi connectivity index (χ0v) is 43.8. The van der Waals surface area contributed by atoms with E-state index in [0.29, 0.717) is 0 Å². The molecule has 0 N–H and O–H groups in total. The van der Waals surface area contributed by atoms with Crippen LogP contribution in [0, 0.1) is 0 Å². The van der Waals surface area contributed by atoms with Crippen molar-refractivity contribution in [1.82, 2.24) is 0 Å². The summed E-state index contributed by atoms with van der Waals surface area (Å²) >= 11 is 0. The largest absolute Gasteiger partial charge is 0.456 e. The zero-order valence-electron chi connectivity index (χ0n) is 43.8. The van der Waals surface area contributed by atoms with Gasteiger partial charge in [0.15, 0.2) is 0 Å². The van der Waals surface area contributed by atoms with Gasteiger partial charge in [0.1, 0.15) is 22.3 Å². The van der Waals surface area contributed by atoms with Crippen molar-refractivity contribution in [3.05, 3.63) is 290 Å². The molecule has 0 saturated heterocycles. The summed E-state index contributed by atoms with van der Waals surface area (Å²) in [4.78, 5) is 4.79. The van der Waals surface area contributed by atoms with Crippen molar-refractivity contribution in [3.8, 4) is 55.6 Å². The van der Waals surface area contributed by atoms with Gasteiger partial charge in [-0.25, -0.2) is 0 Å². The minimum absolute atomic E-state index is 0.322. The number of rotatable bonds is 10. The van der Waals surface area contributed by atoms with Gasteiger partial charge in [-0.1, -0.05) is 196 Å². The molecule has 79 heavy (non-hydrogen) atoms. The second-order valence-electron chi connectivity index (χ2n) is 21.3. The SMILES string of the molecule is CC1(C)c2cc(N(c3ccc(-c4ccccc4)cc3)c3ccc(-c4ccccc4)cc3)ccc2-c2ccc(N(c3ccc(-c4ccc5oc6ccccc6c5c4)cc3)c3ccc(-c4cccc5c4oc4ccccc45)cc3)cc21. The fourth-order valence-electron chi connectivity index (χ4n) is 12.2. The number of benzene rings is 12. The van der Waals surface area contributed by atoms with E-state index in [9.17, 15) is 0 Å². The first kappa shape index (κ1) is 46.2. The Morgan fingerprint density at radius 3 is 1.15 bits per heavy atom. The van der Waals surface area contributed by atoms with Crippen LogP contribution in [0.3, 0.4) is 0 Å². The third-order valence-corrected chi connectivity index (χ3v) is 16.3. The molecule has 12 aromatic carbocycles. The highest BCUT2D eigenvalue weighted by molar-refractivity contribution is 6.10. The summed E-state index contributed by atoms with van der Waals surface area (Å²) < 4.78 is 12.7. The molecule has 2 heterocycles. The Kier molecular flexibility index (Phi) is 10.8. The van der Waals surface area contributed by atoms with Crippen LogP contribution >= 0.6 is 0 Å². The molecule has 14 aromatic rings. The lowest BCUT2D eigenvalue weighted by molar-refractivity contribution is 0.660. The maximum Gasteiger partial charge on any atom is 0.143 e. The molecule has 0 unspecified atom stereocenters. The first-order valence-electron chi connectivity index (χ1n) is 27.1. The second-order valence-corrected chi connectivity index (χ2v) is 21.3. The number of nitrogens with zero attached hydrogens (tertiary/aromatic N) is 2. The highest BCUT2D eigenvalue weighted by atomic mass is 16.3. The van der Waals surface area contributed by atoms with E-state index in [1.54, 1.807) is 0 Å². The maximum absolute atomic E-state index is 6.52. The molecular weight excluding hydrogens is 961 g/mol. The van der Waals surface area contributed by atoms with E-state index in [2.05, 4.69) is 278 Å². The van der Waals surface area contributed by atoms with Crippen LogP contribution in [0.15, 0.2) is 288 Å². The highest BCUT2D eigenvalue weighted by Crippen LogP contribution is 2.53. The smallest absolute Gasteiger partial charge is 0.143 e. The lowest BCUT2D eigenvalue weighted by Gasteiger charge is -2.29. The van der Waals surface area contributed by atoms with Gasteiger partial charge in [-0.3, -0.25) is 0 Å². The molecule has 4 nitrogen and oxygen atoms in total. The molecular formula is C75H52N2O2. The van der Waals surface area contributed by atoms with Crippen molar-refractivity contribution in [2.75, 3.05) is 9.80 Å². The van der Waals surface area contributed by atoms with Crippen LogP contribution < -0.4 is 9.80 Å². The van der Waals surface area contributed by atoms with E-state index in [0.717, 1.165) is 100 Å². The van der Waals surface area contributed by atoms with Crippen molar-refractivity contribution in [2.45, 2.75) is 19.3 Å². The Bertz CT molecular complexity index is 4510. The average Bonchev–Trinajstić information content (AvgIpc) is 4.35. The Morgan fingerprint density at radius 2 is 0.633 bits per heavy atom. The minimum Gasteiger partial charge on any atom is -0.456 e. The molecule has 0 atom stereocenters. The molecule has 15 rings (SSSR count). The van der Waals surface area contributed by atoms with Crippen molar-refractivity contribution >= 4 is 78.0 Å². The third-order valence-electron chi connectivity index (χ3n) is 16.3. The van der Waals surface area contributed by atoms with E-state index in [-0.39, 0.29) is 5.41 Å². The van der Waals surface area contributed by atoms with Crippen LogP contribution in [0.2, 0.25) is 0 Å². The summed E-state index contributed by atoms with van der Waals surface area (Å²) in [6.45, 7) is 4.76. The zero-order chi connectivity index (χ0) is 52.6. The van der Waals surface area contributed by atoms with Gasteiger partial charge in [-0.05, 0) is 158 Å². The molecule has 1 aliphatic rings. The predicted molar refractivity (Wildman–Crippen MR) is 330 cm³/mol. The number of para-hydroxylation sites is 3. The summed E-state index contributed by atoms with van der Waals surface area (Å²) in [7, 11) is 0. The van der Waals surface area contributed by atoms with Crippen molar-refractivity contribution < 1.29 is 8.83 Å². The van der Waals surface area contributed by atoms with Crippen molar-refractivity contribution in [3.63, 3.8) is 0 Å². The lowest BCUT2D eigenvalue weighted by atomic mass is 9.82. The Labute approximate surface area is 459 Å². The van der Waals surface area contributed by atoms with Crippen LogP contribution in [0.25, 0.3) is 99.5 Å². The third kappa shape index (κ3) is 7.91. The topological polar surface area (TPSA) is 32.8 Å². The van der Waals surface area contributed by atoms with Gasteiger partial charge in [0.2, 0.25) is 0 Å². The van der Waals surface area contributed by atoms with Crippen molar-refractivity contribution in [1.29, 1.82) is 0 Å². The van der Waals surface area contributed by atoms with Gasteiger partial charge in [-0.15, -0.1) is 0 Å². The number of furan rings is 2. The summed E-state index contributed by atoms with van der Waals surface area (Å²) in [5.41, 5.74) is 24.1. The van der Waals surface area contributed by atoms with Gasteiger partial charge in [0.05, 0.1) is 0 Å². The average molecular weight is 1010 g/mol. The van der Waals surface area contributed by atoms with Gasteiger partial charge < -0.3 is 18.6 Å². The minimum atomic E-state index is -0.322. The van der Waals surface area contributed by atoms with Crippen LogP contribution in [0.5, 0.6) is 0 Å². The van der Waals surface area contributed by atoms with Crippen LogP contribution in [-0.4, -0.2) is 0 Å². The Balaban J connectivity index is 0.815. The van der Waals surface area contributed by atoms with E-state index in [1.807, 2.05) is 24.3 Å². The van der Waals surface area contributed by atoms with E-state index < -0.39 is 0 Å². The molecule has 374 valence electrons. The number of hydrogen-bond acceptors (Lipinski definition) is 4. The quantitative estimate of drug-likeness (QED) is 0.137. The number of anilines is 6. The number of fused-ring (bicyclic) bond motifs is 9. The summed E-state index contributed by atoms with van der Waals surface area (Å²) in [5.74, 6) is 0. The van der Waals surface area contributed by atoms with Gasteiger partial charge in [0.25, 0.3) is 0 Å². The summed E-state index contributed by atoms with van der Waals surface area (Å²) in [5, 5.41) is 4.49. The van der Waals surface area contributed by atoms with E-state index >= 15 is 0 Å². The molecule has 0 aliphatic heterocycles. The first-order valence-corrected chi connectivity index (χ1v) is 27.1. The van der Waals surface area contributed by atoms with Gasteiger partial charge in [-0.2, -0.15) is 0 Å². The predicted octanol–water partition coefficient (Wildman–Crippen LogP) is 21.4. The standard InChI is InChI=1S/C75H52N2O2/c1-75(2)69-47-60(76(56-33-24-51(25-34-56)49-14-5-3-6-15-49)57-35-26-52(27-36-57)50-16-7-4-8-17-50)41-43-63(69)64-44-42-61(48-70(64)75)77(58-37-28-53(29-38-58)55-32-45-73-68(46-55)66-19-10-11-22-71(66)78-73)59-39-30-54(31-40-59)62-20-13-21-67-65-18-9-12-23-72(65)79-74(62)67/h3-48H,1-2H3. The second kappa shape index (κ2) is 18.5. The van der Waals surface area contributed by atoms with Crippen LogP contribution in [0.4, 0.5) is 34.1 Å². The molecule has 2 aromatic heterocycles. The number of hydrogen-bond donors (Lipinski definition) is 0. The lowest BCUT2D eigenvalue weighted by Crippen LogP contribution is -2.17. The molecule has 0 bridgehead atoms. The maximum atomic E-state index is 6.52. The fraction of sp³-hybridized carbons (Fsp3) is 0.0400. The summed E-state index contributed by atoms with van der Waals surface area (Å²) in [6.07, 6.45) is 0. The highest BCUT2D eigenvalue weighted by Gasteiger charge is 2.37. The molecule has 4 heteroatoms. The van der Waals surface area contributed by atoms with Gasteiger partial charge in [0, 0.05) is 66.6 Å². The molecule has 0 radical (unpaired) electrons. The Morgan fingerprint density at radius 1 is 0.253 bits per heavy atom. The molecule has 0 fully saturated rings. The van der Waals surface area contributed by atoms with Crippen LogP contribution in [-0.2, 0) is 5.41 Å². The normalized spacial score (nSPS) is 12.5. The molecule has 0 amide bonds. The fourth-order valence-corrected chi connectivity index (χ4v) is 12.2.